The maximum Gasteiger partial charge on any atom is 0.409 e. The molecule has 1 aliphatic heterocycles. The number of hydrogen-bond acceptors (Lipinski definition) is 4. The van der Waals surface area contributed by atoms with Crippen LogP contribution in [-0.2, 0) is 9.53 Å². The van der Waals surface area contributed by atoms with E-state index < -0.39 is 11.7 Å². The average molecular weight is 351 g/mol. The molecule has 2 N–H and O–H groups in total. The molecule has 0 atom stereocenters. The molecule has 1 fully saturated rings. The van der Waals surface area contributed by atoms with Crippen molar-refractivity contribution in [2.24, 2.45) is 0 Å². The minimum Gasteiger partial charge on any atom is -0.450 e. The second-order valence-corrected chi connectivity index (χ2v) is 5.69. The van der Waals surface area contributed by atoms with Gasteiger partial charge in [0.2, 0.25) is 5.91 Å². The number of benzene rings is 1. The Morgan fingerprint density at radius 2 is 1.92 bits per heavy atom. The molecule has 8 heteroatoms. The predicted molar refractivity (Wildman–Crippen MR) is 88.5 cm³/mol. The summed E-state index contributed by atoms with van der Waals surface area (Å²) in [5, 5.41) is 5.20. The van der Waals surface area contributed by atoms with Crippen LogP contribution in [0.2, 0.25) is 0 Å². The van der Waals surface area contributed by atoms with Gasteiger partial charge in [0.25, 0.3) is 5.91 Å². The molecule has 0 spiro atoms. The van der Waals surface area contributed by atoms with Crippen molar-refractivity contribution < 1.29 is 23.5 Å². The normalized spacial score (nSPS) is 14.7. The number of halogens is 1. The number of hydrogen-bond donors (Lipinski definition) is 2. The molecule has 2 rings (SSSR count). The largest absolute Gasteiger partial charge is 0.450 e. The number of rotatable bonds is 5. The molecule has 25 heavy (non-hydrogen) atoms. The zero-order chi connectivity index (χ0) is 18.2. The van der Waals surface area contributed by atoms with Gasteiger partial charge >= 0.3 is 6.09 Å². The van der Waals surface area contributed by atoms with Crippen molar-refractivity contribution in [2.45, 2.75) is 25.8 Å². The van der Waals surface area contributed by atoms with E-state index in [0.29, 0.717) is 32.5 Å². The molecular formula is C17H22FN3O4. The maximum atomic E-state index is 13.5. The van der Waals surface area contributed by atoms with Crippen LogP contribution < -0.4 is 10.6 Å². The molecule has 1 aliphatic rings. The van der Waals surface area contributed by atoms with Crippen molar-refractivity contribution in [3.05, 3.63) is 35.6 Å². The smallest absolute Gasteiger partial charge is 0.409 e. The van der Waals surface area contributed by atoms with E-state index in [9.17, 15) is 18.8 Å². The zero-order valence-corrected chi connectivity index (χ0v) is 14.1. The van der Waals surface area contributed by atoms with Crippen LogP contribution >= 0.6 is 0 Å². The number of nitrogens with one attached hydrogen (secondary N) is 2. The first-order valence-corrected chi connectivity index (χ1v) is 8.25. The van der Waals surface area contributed by atoms with Crippen molar-refractivity contribution in [2.75, 3.05) is 26.2 Å². The Kier molecular flexibility index (Phi) is 6.73. The van der Waals surface area contributed by atoms with Gasteiger partial charge in [0, 0.05) is 19.1 Å². The molecule has 1 aromatic carbocycles. The average Bonchev–Trinajstić information content (AvgIpc) is 2.61. The van der Waals surface area contributed by atoms with Crippen molar-refractivity contribution in [1.29, 1.82) is 0 Å². The minimum atomic E-state index is -0.634. The van der Waals surface area contributed by atoms with Crippen LogP contribution in [0.3, 0.4) is 0 Å². The molecule has 0 radical (unpaired) electrons. The Balaban J connectivity index is 1.72. The fraction of sp³-hybridized carbons (Fsp3) is 0.471. The topological polar surface area (TPSA) is 87.7 Å². The van der Waals surface area contributed by atoms with Crippen LogP contribution in [0.15, 0.2) is 24.3 Å². The lowest BCUT2D eigenvalue weighted by Crippen LogP contribution is -2.48. The van der Waals surface area contributed by atoms with Gasteiger partial charge in [-0.15, -0.1) is 0 Å². The number of piperidine rings is 1. The highest BCUT2D eigenvalue weighted by molar-refractivity contribution is 5.96. The van der Waals surface area contributed by atoms with Gasteiger partial charge in [-0.2, -0.15) is 0 Å². The molecule has 0 bridgehead atoms. The summed E-state index contributed by atoms with van der Waals surface area (Å²) in [7, 11) is 0. The van der Waals surface area contributed by atoms with Gasteiger partial charge in [-0.05, 0) is 31.9 Å². The SMILES string of the molecule is CCOC(=O)N1CCC(NC(=O)CNC(=O)c2ccccc2F)CC1. The standard InChI is InChI=1S/C17H22FN3O4/c1-2-25-17(24)21-9-7-12(8-10-21)20-15(22)11-19-16(23)13-5-3-4-6-14(13)18/h3-6,12H,2,7-11H2,1H3,(H,19,23)(H,20,22). The van der Waals surface area contributed by atoms with E-state index in [0.717, 1.165) is 0 Å². The monoisotopic (exact) mass is 351 g/mol. The quantitative estimate of drug-likeness (QED) is 0.837. The van der Waals surface area contributed by atoms with Crippen LogP contribution in [0.25, 0.3) is 0 Å². The Morgan fingerprint density at radius 3 is 2.56 bits per heavy atom. The molecule has 136 valence electrons. The summed E-state index contributed by atoms with van der Waals surface area (Å²) in [5.74, 6) is -1.61. The van der Waals surface area contributed by atoms with Gasteiger partial charge in [-0.1, -0.05) is 12.1 Å². The molecule has 3 amide bonds. The lowest BCUT2D eigenvalue weighted by molar-refractivity contribution is -0.121. The summed E-state index contributed by atoms with van der Waals surface area (Å²) >= 11 is 0. The third kappa shape index (κ3) is 5.44. The Labute approximate surface area is 145 Å². The Morgan fingerprint density at radius 1 is 1.24 bits per heavy atom. The van der Waals surface area contributed by atoms with Crippen LogP contribution in [0, 0.1) is 5.82 Å². The maximum absolute atomic E-state index is 13.5. The van der Waals surface area contributed by atoms with E-state index in [4.69, 9.17) is 4.74 Å². The number of carbonyl (C=O) groups excluding carboxylic acids is 3. The third-order valence-electron chi connectivity index (χ3n) is 3.91. The Bertz CT molecular complexity index is 630. The van der Waals surface area contributed by atoms with Gasteiger partial charge in [0.15, 0.2) is 0 Å². The first kappa shape index (κ1) is 18.7. The van der Waals surface area contributed by atoms with Crippen molar-refractivity contribution in [3.63, 3.8) is 0 Å². The van der Waals surface area contributed by atoms with E-state index in [1.807, 2.05) is 0 Å². The lowest BCUT2D eigenvalue weighted by Gasteiger charge is -2.31. The highest BCUT2D eigenvalue weighted by Crippen LogP contribution is 2.11. The summed E-state index contributed by atoms with van der Waals surface area (Å²) in [4.78, 5) is 37.0. The second kappa shape index (κ2) is 9.00. The number of carbonyl (C=O) groups is 3. The van der Waals surface area contributed by atoms with Crippen LogP contribution in [-0.4, -0.2) is 55.1 Å². The van der Waals surface area contributed by atoms with E-state index in [-0.39, 0.29) is 30.2 Å². The van der Waals surface area contributed by atoms with Gasteiger partial charge in [0.05, 0.1) is 18.7 Å². The summed E-state index contributed by atoms with van der Waals surface area (Å²) in [5.41, 5.74) is -0.0990. The van der Waals surface area contributed by atoms with Gasteiger partial charge < -0.3 is 20.3 Å². The summed E-state index contributed by atoms with van der Waals surface area (Å²) in [6.07, 6.45) is 0.891. The predicted octanol–water partition coefficient (Wildman–Crippen LogP) is 1.29. The first-order valence-electron chi connectivity index (χ1n) is 8.25. The van der Waals surface area contributed by atoms with E-state index in [1.165, 1.54) is 18.2 Å². The van der Waals surface area contributed by atoms with Gasteiger partial charge in [-0.3, -0.25) is 9.59 Å². The van der Waals surface area contributed by atoms with Crippen LogP contribution in [0.4, 0.5) is 9.18 Å². The van der Waals surface area contributed by atoms with Gasteiger partial charge in [0.1, 0.15) is 5.82 Å². The first-order chi connectivity index (χ1) is 12.0. The molecular weight excluding hydrogens is 329 g/mol. The molecule has 1 heterocycles. The number of amides is 3. The highest BCUT2D eigenvalue weighted by atomic mass is 19.1. The molecule has 7 nitrogen and oxygen atoms in total. The minimum absolute atomic E-state index is 0.0662. The summed E-state index contributed by atoms with van der Waals surface area (Å²) in [6, 6.07) is 5.51. The Hall–Kier alpha value is -2.64. The van der Waals surface area contributed by atoms with E-state index >= 15 is 0 Å². The van der Waals surface area contributed by atoms with E-state index in [2.05, 4.69) is 10.6 Å². The summed E-state index contributed by atoms with van der Waals surface area (Å²) < 4.78 is 18.4. The molecule has 0 saturated carbocycles. The fourth-order valence-electron chi connectivity index (χ4n) is 2.60. The zero-order valence-electron chi connectivity index (χ0n) is 14.1. The second-order valence-electron chi connectivity index (χ2n) is 5.69. The number of ether oxygens (including phenoxy) is 1. The molecule has 1 saturated heterocycles. The molecule has 0 aliphatic carbocycles. The highest BCUT2D eigenvalue weighted by Gasteiger charge is 2.24. The molecule has 0 aromatic heterocycles. The van der Waals surface area contributed by atoms with Gasteiger partial charge in [-0.25, -0.2) is 9.18 Å². The summed E-state index contributed by atoms with van der Waals surface area (Å²) in [6.45, 7) is 2.86. The van der Waals surface area contributed by atoms with Crippen molar-refractivity contribution in [3.8, 4) is 0 Å². The van der Waals surface area contributed by atoms with Crippen molar-refractivity contribution >= 4 is 17.9 Å². The molecule has 0 unspecified atom stereocenters. The third-order valence-corrected chi connectivity index (χ3v) is 3.91. The van der Waals surface area contributed by atoms with Crippen molar-refractivity contribution in [1.82, 2.24) is 15.5 Å². The lowest BCUT2D eigenvalue weighted by atomic mass is 10.1. The molecule has 1 aromatic rings. The van der Waals surface area contributed by atoms with Crippen LogP contribution in [0.1, 0.15) is 30.1 Å². The number of nitrogens with zero attached hydrogens (tertiary/aromatic N) is 1. The number of likely N-dealkylation sites (tertiary alicyclic amines) is 1. The van der Waals surface area contributed by atoms with Crippen LogP contribution in [0.5, 0.6) is 0 Å². The van der Waals surface area contributed by atoms with E-state index in [1.54, 1.807) is 17.9 Å². The fourth-order valence-corrected chi connectivity index (χ4v) is 2.60.